The zero-order valence-corrected chi connectivity index (χ0v) is 18.2. The van der Waals surface area contributed by atoms with E-state index in [0.29, 0.717) is 28.9 Å². The molecule has 0 saturated heterocycles. The predicted molar refractivity (Wildman–Crippen MR) is 125 cm³/mol. The van der Waals surface area contributed by atoms with Crippen molar-refractivity contribution in [3.05, 3.63) is 97.5 Å². The van der Waals surface area contributed by atoms with E-state index in [1.54, 1.807) is 4.90 Å². The van der Waals surface area contributed by atoms with Crippen LogP contribution in [0.4, 0.5) is 5.69 Å². The normalized spacial score (nSPS) is 11.0. The third-order valence-corrected chi connectivity index (χ3v) is 6.40. The van der Waals surface area contributed by atoms with Crippen LogP contribution in [0.15, 0.2) is 70.3 Å². The minimum Gasteiger partial charge on any atom is -0.306 e. The number of hydrogen-bond donors (Lipinski definition) is 1. The number of hydrogen-bond acceptors (Lipinski definition) is 4. The van der Waals surface area contributed by atoms with Crippen molar-refractivity contribution in [3.63, 3.8) is 0 Å². The Kier molecular flexibility index (Phi) is 5.86. The molecule has 1 amide bonds. The summed E-state index contributed by atoms with van der Waals surface area (Å²) in [5.41, 5.74) is 1.61. The second kappa shape index (κ2) is 8.73. The van der Waals surface area contributed by atoms with Crippen LogP contribution in [0.3, 0.4) is 0 Å². The Morgan fingerprint density at radius 3 is 2.32 bits per heavy atom. The SMILES string of the molecule is CCc1c(C)sc2[nH]c(=O)n(CC(=O)N(Cc3ccccc3)c3ccccc3)c(=O)c12. The molecule has 158 valence electrons. The molecule has 2 heterocycles. The number of nitrogens with zero attached hydrogens (tertiary/aromatic N) is 2. The van der Waals surface area contributed by atoms with Crippen LogP contribution >= 0.6 is 11.3 Å². The van der Waals surface area contributed by atoms with Gasteiger partial charge >= 0.3 is 5.69 Å². The Morgan fingerprint density at radius 2 is 1.68 bits per heavy atom. The van der Waals surface area contributed by atoms with Gasteiger partial charge in [0.1, 0.15) is 11.4 Å². The zero-order valence-electron chi connectivity index (χ0n) is 17.4. The minimum absolute atomic E-state index is 0.327. The van der Waals surface area contributed by atoms with E-state index in [9.17, 15) is 14.4 Å². The number of aryl methyl sites for hydroxylation is 2. The lowest BCUT2D eigenvalue weighted by Crippen LogP contribution is -2.42. The first kappa shape index (κ1) is 20.8. The van der Waals surface area contributed by atoms with E-state index >= 15 is 0 Å². The van der Waals surface area contributed by atoms with E-state index in [1.807, 2.05) is 74.5 Å². The third-order valence-electron chi connectivity index (χ3n) is 5.33. The van der Waals surface area contributed by atoms with Crippen LogP contribution < -0.4 is 16.1 Å². The smallest absolute Gasteiger partial charge is 0.306 e. The maximum atomic E-state index is 13.3. The summed E-state index contributed by atoms with van der Waals surface area (Å²) in [5.74, 6) is -0.327. The summed E-state index contributed by atoms with van der Waals surface area (Å²) in [6, 6.07) is 18.9. The summed E-state index contributed by atoms with van der Waals surface area (Å²) in [6.07, 6.45) is 0.686. The van der Waals surface area contributed by atoms with Crippen molar-refractivity contribution in [2.75, 3.05) is 4.90 Å². The fourth-order valence-electron chi connectivity index (χ4n) is 3.77. The number of amides is 1. The Morgan fingerprint density at radius 1 is 1.03 bits per heavy atom. The quantitative estimate of drug-likeness (QED) is 0.502. The number of anilines is 1. The zero-order chi connectivity index (χ0) is 22.0. The molecule has 6 nitrogen and oxygen atoms in total. The number of para-hydroxylation sites is 1. The van der Waals surface area contributed by atoms with Crippen molar-refractivity contribution < 1.29 is 4.79 Å². The largest absolute Gasteiger partial charge is 0.329 e. The van der Waals surface area contributed by atoms with E-state index in [-0.39, 0.29) is 12.5 Å². The molecule has 0 aliphatic heterocycles. The minimum atomic E-state index is -0.567. The monoisotopic (exact) mass is 433 g/mol. The van der Waals surface area contributed by atoms with Crippen LogP contribution in [0.2, 0.25) is 0 Å². The highest BCUT2D eigenvalue weighted by molar-refractivity contribution is 7.18. The molecule has 1 N–H and O–H groups in total. The lowest BCUT2D eigenvalue weighted by Gasteiger charge is -2.23. The van der Waals surface area contributed by atoms with Gasteiger partial charge in [0, 0.05) is 10.6 Å². The molecule has 2 aromatic carbocycles. The van der Waals surface area contributed by atoms with Gasteiger partial charge in [-0.05, 0) is 36.6 Å². The summed E-state index contributed by atoms with van der Waals surface area (Å²) >= 11 is 1.40. The maximum Gasteiger partial charge on any atom is 0.329 e. The molecule has 0 radical (unpaired) electrons. The summed E-state index contributed by atoms with van der Waals surface area (Å²) in [7, 11) is 0. The van der Waals surface area contributed by atoms with E-state index in [2.05, 4.69) is 4.98 Å². The first-order valence-corrected chi connectivity index (χ1v) is 11.0. The van der Waals surface area contributed by atoms with Gasteiger partial charge in [-0.25, -0.2) is 4.79 Å². The number of aromatic amines is 1. The van der Waals surface area contributed by atoms with Gasteiger partial charge in [-0.2, -0.15) is 0 Å². The number of thiophene rings is 1. The third kappa shape index (κ3) is 4.09. The van der Waals surface area contributed by atoms with Crippen LogP contribution in [-0.4, -0.2) is 15.5 Å². The Hall–Kier alpha value is -3.45. The van der Waals surface area contributed by atoms with Gasteiger partial charge in [-0.3, -0.25) is 19.1 Å². The van der Waals surface area contributed by atoms with Gasteiger partial charge in [0.25, 0.3) is 5.56 Å². The highest BCUT2D eigenvalue weighted by atomic mass is 32.1. The average molecular weight is 434 g/mol. The summed E-state index contributed by atoms with van der Waals surface area (Å²) in [5, 5.41) is 0.506. The average Bonchev–Trinajstić information content (AvgIpc) is 3.10. The molecule has 0 aliphatic rings. The van der Waals surface area contributed by atoms with Crippen LogP contribution in [0, 0.1) is 6.92 Å². The molecule has 2 aromatic heterocycles. The number of benzene rings is 2. The molecule has 0 saturated carbocycles. The van der Waals surface area contributed by atoms with Crippen LogP contribution in [0.25, 0.3) is 10.2 Å². The molecule has 4 rings (SSSR count). The van der Waals surface area contributed by atoms with Crippen molar-refractivity contribution in [2.24, 2.45) is 0 Å². The van der Waals surface area contributed by atoms with E-state index in [4.69, 9.17) is 0 Å². The first-order valence-electron chi connectivity index (χ1n) is 10.1. The van der Waals surface area contributed by atoms with Crippen molar-refractivity contribution in [1.82, 2.24) is 9.55 Å². The summed E-state index contributed by atoms with van der Waals surface area (Å²) < 4.78 is 1.01. The number of carbonyl (C=O) groups excluding carboxylic acids is 1. The van der Waals surface area contributed by atoms with Gasteiger partial charge in [0.15, 0.2) is 0 Å². The second-order valence-electron chi connectivity index (χ2n) is 7.32. The number of H-pyrrole nitrogens is 1. The van der Waals surface area contributed by atoms with Gasteiger partial charge in [0.05, 0.1) is 11.9 Å². The molecule has 0 atom stereocenters. The predicted octanol–water partition coefficient (Wildman–Crippen LogP) is 3.86. The number of aromatic nitrogens is 2. The van der Waals surface area contributed by atoms with Gasteiger partial charge in [-0.15, -0.1) is 11.3 Å². The highest BCUT2D eigenvalue weighted by Crippen LogP contribution is 2.26. The number of nitrogens with one attached hydrogen (secondary N) is 1. The Labute approximate surface area is 183 Å². The Balaban J connectivity index is 1.74. The number of carbonyl (C=O) groups is 1. The molecule has 0 unspecified atom stereocenters. The van der Waals surface area contributed by atoms with Crippen LogP contribution in [0.5, 0.6) is 0 Å². The molecule has 0 aliphatic carbocycles. The van der Waals surface area contributed by atoms with E-state index < -0.39 is 11.2 Å². The molecule has 7 heteroatoms. The van der Waals surface area contributed by atoms with Crippen molar-refractivity contribution >= 4 is 33.1 Å². The summed E-state index contributed by atoms with van der Waals surface area (Å²) in [6.45, 7) is 3.93. The van der Waals surface area contributed by atoms with Crippen molar-refractivity contribution in [1.29, 1.82) is 0 Å². The van der Waals surface area contributed by atoms with E-state index in [0.717, 1.165) is 20.6 Å². The van der Waals surface area contributed by atoms with E-state index in [1.165, 1.54) is 11.3 Å². The molecular weight excluding hydrogens is 410 g/mol. The molecular formula is C24H23N3O3S. The molecule has 4 aromatic rings. The lowest BCUT2D eigenvalue weighted by molar-refractivity contribution is -0.119. The number of rotatable bonds is 6. The van der Waals surface area contributed by atoms with Gasteiger partial charge in [0.2, 0.25) is 5.91 Å². The topological polar surface area (TPSA) is 75.2 Å². The fraction of sp³-hybridized carbons (Fsp3) is 0.208. The molecule has 0 fully saturated rings. The highest BCUT2D eigenvalue weighted by Gasteiger charge is 2.21. The van der Waals surface area contributed by atoms with Crippen LogP contribution in [-0.2, 0) is 24.3 Å². The molecule has 0 spiro atoms. The van der Waals surface area contributed by atoms with Gasteiger partial charge < -0.3 is 4.90 Å². The van der Waals surface area contributed by atoms with Crippen molar-refractivity contribution in [3.8, 4) is 0 Å². The summed E-state index contributed by atoms with van der Waals surface area (Å²) in [4.78, 5) is 45.1. The second-order valence-corrected chi connectivity index (χ2v) is 8.54. The maximum absolute atomic E-state index is 13.3. The standard InChI is InChI=1S/C24H23N3O3S/c1-3-19-16(2)31-22-21(19)23(29)27(24(30)25-22)15-20(28)26(18-12-8-5-9-13-18)14-17-10-6-4-7-11-17/h4-13H,3,14-15H2,1-2H3,(H,25,30). The lowest BCUT2D eigenvalue weighted by atomic mass is 10.1. The van der Waals surface area contributed by atoms with Gasteiger partial charge in [-0.1, -0.05) is 55.5 Å². The number of fused-ring (bicyclic) bond motifs is 1. The molecule has 31 heavy (non-hydrogen) atoms. The Bertz CT molecular complexity index is 1340. The van der Waals surface area contributed by atoms with Crippen molar-refractivity contribution in [2.45, 2.75) is 33.4 Å². The molecule has 0 bridgehead atoms. The first-order chi connectivity index (χ1) is 15.0. The van der Waals surface area contributed by atoms with Crippen LogP contribution in [0.1, 0.15) is 22.9 Å². The fourth-order valence-corrected chi connectivity index (χ4v) is 4.90.